The monoisotopic (exact) mass is 736 g/mol. The van der Waals surface area contributed by atoms with Gasteiger partial charge in [-0.05, 0) is 55.7 Å². The number of piperazine rings is 1. The predicted molar refractivity (Wildman–Crippen MR) is 164 cm³/mol. The maximum absolute atomic E-state index is 13.5. The van der Waals surface area contributed by atoms with E-state index < -0.39 is 58.1 Å². The van der Waals surface area contributed by atoms with E-state index in [9.17, 15) is 53.3 Å². The van der Waals surface area contributed by atoms with Gasteiger partial charge in [-0.2, -0.15) is 26.3 Å². The number of hydrogen-bond acceptors (Lipinski definition) is 4. The highest BCUT2D eigenvalue weighted by Crippen LogP contribution is 2.53. The van der Waals surface area contributed by atoms with Gasteiger partial charge in [0.2, 0.25) is 11.8 Å². The van der Waals surface area contributed by atoms with E-state index in [0.717, 1.165) is 31.0 Å². The lowest BCUT2D eigenvalue weighted by molar-refractivity contribution is -0.392. The summed E-state index contributed by atoms with van der Waals surface area (Å²) in [4.78, 5) is 28.3. The first-order valence-electron chi connectivity index (χ1n) is 15.4. The van der Waals surface area contributed by atoms with E-state index in [4.69, 9.17) is 0 Å². The number of amides is 2. The van der Waals surface area contributed by atoms with E-state index in [1.54, 1.807) is 24.0 Å². The van der Waals surface area contributed by atoms with E-state index in [-0.39, 0.29) is 28.8 Å². The van der Waals surface area contributed by atoms with E-state index in [1.807, 2.05) is 4.90 Å². The van der Waals surface area contributed by atoms with Gasteiger partial charge in [-0.15, -0.1) is 0 Å². The van der Waals surface area contributed by atoms with Crippen molar-refractivity contribution in [3.8, 4) is 0 Å². The van der Waals surface area contributed by atoms with Crippen LogP contribution in [0.2, 0.25) is 0 Å². The third-order valence-corrected chi connectivity index (χ3v) is 10.4. The number of hydrogen-bond donors (Lipinski definition) is 0. The molecule has 0 aromatic heterocycles. The second kappa shape index (κ2) is 16.0. The lowest BCUT2D eigenvalue weighted by Crippen LogP contribution is -2.55. The topological polar surface area (TPSA) is 66.9 Å². The fraction of sp³-hybridized carbons (Fsp3) is 0.412. The lowest BCUT2D eigenvalue weighted by Gasteiger charge is -2.37. The minimum absolute atomic E-state index is 0.0442. The van der Waals surface area contributed by atoms with Crippen LogP contribution in [0.1, 0.15) is 37.3 Å². The van der Waals surface area contributed by atoms with Gasteiger partial charge in [0.25, 0.3) is 5.60 Å². The van der Waals surface area contributed by atoms with Gasteiger partial charge in [0, 0.05) is 60.3 Å². The number of halogens is 9. The first-order valence-corrected chi connectivity index (χ1v) is 16.6. The number of benzene rings is 3. The smallest absolute Gasteiger partial charge is 0.349 e. The van der Waals surface area contributed by atoms with Gasteiger partial charge in [-0.25, -0.2) is 13.2 Å². The Bertz CT molecular complexity index is 1610. The van der Waals surface area contributed by atoms with E-state index >= 15 is 0 Å². The highest BCUT2D eigenvalue weighted by molar-refractivity contribution is 7.85. The molecule has 0 N–H and O–H groups in total. The molecule has 5 rings (SSSR count). The molecule has 0 radical (unpaired) electrons. The molecule has 1 heterocycles. The Hall–Kier alpha value is -3.92. The number of nitrogens with zero attached hydrogens (tertiary/aromatic N) is 2. The van der Waals surface area contributed by atoms with Crippen LogP contribution >= 0.6 is 0 Å². The standard InChI is InChI=1S/C18H23FN2O3S.C16H10F8O/c1-13(22)20-8-10-21(11-9-20)18(23)14-2-5-17(12-14)25(24)16-6-3-15(19)4-7-16;17-12-7-4-8-13(18)11(12)9-25-14(15(19,20)21,16(22,23)24)10-5-2-1-3-6-10/h3-4,6-7,14,17H,2,5,8-12H2,1H3;1-8H,9H2. The molecule has 272 valence electrons. The molecule has 0 spiro atoms. The summed E-state index contributed by atoms with van der Waals surface area (Å²) < 4.78 is 137. The third-order valence-electron chi connectivity index (χ3n) is 8.59. The van der Waals surface area contributed by atoms with Crippen molar-refractivity contribution in [3.63, 3.8) is 0 Å². The zero-order chi connectivity index (χ0) is 36.9. The molecule has 1 aliphatic carbocycles. The van der Waals surface area contributed by atoms with Gasteiger partial charge in [0.05, 0.1) is 17.4 Å². The van der Waals surface area contributed by atoms with Crippen LogP contribution in [0, 0.1) is 23.4 Å². The zero-order valence-corrected chi connectivity index (χ0v) is 27.4. The van der Waals surface area contributed by atoms with Crippen LogP contribution in [-0.2, 0) is 37.3 Å². The van der Waals surface area contributed by atoms with Crippen molar-refractivity contribution in [2.24, 2.45) is 5.92 Å². The van der Waals surface area contributed by atoms with Crippen LogP contribution < -0.4 is 0 Å². The maximum Gasteiger partial charge on any atom is 0.430 e. The van der Waals surface area contributed by atoms with Crippen LogP contribution in [0.5, 0.6) is 0 Å². The molecule has 6 nitrogen and oxygen atoms in total. The number of ether oxygens (including phenoxy) is 1. The summed E-state index contributed by atoms with van der Waals surface area (Å²) in [5.41, 5.74) is -7.00. The molecular formula is C34H33F9N2O4S. The molecule has 1 saturated carbocycles. The van der Waals surface area contributed by atoms with Crippen molar-refractivity contribution in [1.82, 2.24) is 9.80 Å². The number of carbonyl (C=O) groups excluding carboxylic acids is 2. The van der Waals surface area contributed by atoms with Gasteiger partial charge in [0.1, 0.15) is 17.5 Å². The molecule has 2 amide bonds. The van der Waals surface area contributed by atoms with Crippen molar-refractivity contribution in [1.29, 1.82) is 0 Å². The molecule has 2 aliphatic rings. The Morgan fingerprint density at radius 2 is 1.30 bits per heavy atom. The van der Waals surface area contributed by atoms with Crippen molar-refractivity contribution < 1.29 is 58.0 Å². The van der Waals surface area contributed by atoms with Crippen LogP contribution in [0.25, 0.3) is 0 Å². The van der Waals surface area contributed by atoms with Gasteiger partial charge in [-0.3, -0.25) is 13.8 Å². The quantitative estimate of drug-likeness (QED) is 0.239. The van der Waals surface area contributed by atoms with Crippen molar-refractivity contribution in [2.75, 3.05) is 26.2 Å². The zero-order valence-electron chi connectivity index (χ0n) is 26.6. The highest BCUT2D eigenvalue weighted by atomic mass is 32.2. The Morgan fingerprint density at radius 1 is 0.760 bits per heavy atom. The molecule has 50 heavy (non-hydrogen) atoms. The number of carbonyl (C=O) groups is 2. The van der Waals surface area contributed by atoms with Crippen LogP contribution in [-0.4, -0.2) is 69.6 Å². The van der Waals surface area contributed by atoms with Gasteiger partial charge in [-0.1, -0.05) is 36.4 Å². The fourth-order valence-electron chi connectivity index (χ4n) is 5.88. The van der Waals surface area contributed by atoms with Crippen LogP contribution in [0.4, 0.5) is 39.5 Å². The Labute approximate surface area is 284 Å². The summed E-state index contributed by atoms with van der Waals surface area (Å²) >= 11 is 0. The Morgan fingerprint density at radius 3 is 1.82 bits per heavy atom. The summed E-state index contributed by atoms with van der Waals surface area (Å²) in [7, 11) is -1.21. The molecule has 2 fully saturated rings. The fourth-order valence-corrected chi connectivity index (χ4v) is 7.42. The van der Waals surface area contributed by atoms with E-state index in [1.165, 1.54) is 18.2 Å². The van der Waals surface area contributed by atoms with Crippen molar-refractivity contribution in [3.05, 3.63) is 101 Å². The minimum Gasteiger partial charge on any atom is -0.349 e. The molecular weight excluding hydrogens is 703 g/mol. The average Bonchev–Trinajstić information content (AvgIpc) is 3.56. The van der Waals surface area contributed by atoms with E-state index in [2.05, 4.69) is 4.74 Å². The van der Waals surface area contributed by atoms with Crippen molar-refractivity contribution in [2.45, 2.75) is 60.9 Å². The number of rotatable bonds is 7. The van der Waals surface area contributed by atoms with E-state index in [0.29, 0.717) is 61.8 Å². The average molecular weight is 737 g/mol. The molecule has 1 aliphatic heterocycles. The molecule has 3 aromatic rings. The van der Waals surface area contributed by atoms with Gasteiger partial charge < -0.3 is 14.5 Å². The third kappa shape index (κ3) is 8.68. The largest absolute Gasteiger partial charge is 0.430 e. The first-order chi connectivity index (χ1) is 23.5. The predicted octanol–water partition coefficient (Wildman–Crippen LogP) is 7.29. The normalized spacial score (nSPS) is 19.1. The number of alkyl halides is 6. The molecule has 0 bridgehead atoms. The summed E-state index contributed by atoms with van der Waals surface area (Å²) in [6.45, 7) is 2.29. The SMILES string of the molecule is CC(=O)N1CCN(C(=O)C2CCC(S(=O)c3ccc(F)cc3)C2)CC1.Fc1cccc(F)c1COC(c1ccccc1)(C(F)(F)F)C(F)(F)F. The molecule has 16 heteroatoms. The summed E-state index contributed by atoms with van der Waals surface area (Å²) in [5, 5.41) is -0.0575. The lowest BCUT2D eigenvalue weighted by atomic mass is 9.91. The second-order valence-corrected chi connectivity index (χ2v) is 13.5. The summed E-state index contributed by atoms with van der Waals surface area (Å²) in [6, 6.07) is 12.4. The van der Waals surface area contributed by atoms with Crippen LogP contribution in [0.3, 0.4) is 0 Å². The Balaban J connectivity index is 0.000000225. The maximum atomic E-state index is 13.5. The molecule has 3 aromatic carbocycles. The second-order valence-electron chi connectivity index (χ2n) is 11.7. The first kappa shape index (κ1) is 38.9. The van der Waals surface area contributed by atoms with Crippen LogP contribution in [0.15, 0.2) is 77.7 Å². The van der Waals surface area contributed by atoms with Gasteiger partial charge in [0.15, 0.2) is 0 Å². The highest BCUT2D eigenvalue weighted by Gasteiger charge is 2.73. The minimum atomic E-state index is -5.92. The summed E-state index contributed by atoms with van der Waals surface area (Å²) in [6.07, 6.45) is -9.75. The van der Waals surface area contributed by atoms with Crippen molar-refractivity contribution >= 4 is 22.6 Å². The molecule has 3 unspecified atom stereocenters. The summed E-state index contributed by atoms with van der Waals surface area (Å²) in [5.74, 6) is -2.91. The molecule has 3 atom stereocenters. The Kier molecular flexibility index (Phi) is 12.4. The van der Waals surface area contributed by atoms with Gasteiger partial charge >= 0.3 is 12.4 Å². The molecule has 1 saturated heterocycles.